The number of ether oxygens (including phenoxy) is 2. The molecule has 0 aliphatic rings. The Labute approximate surface area is 124 Å². The summed E-state index contributed by atoms with van der Waals surface area (Å²) in [5.74, 6) is 0.481. The van der Waals surface area contributed by atoms with Crippen molar-refractivity contribution in [2.24, 2.45) is 0 Å². The fourth-order valence-electron chi connectivity index (χ4n) is 2.14. The standard InChI is InChI=1S/C17H19NO3/c1-20-16-11-7-6-10-14(16)18-15(12-17(19)21-2)13-8-4-3-5-9-13/h3-11,15,18H,12H2,1-2H3/t15-/m0/s1. The summed E-state index contributed by atoms with van der Waals surface area (Å²) in [6, 6.07) is 17.3. The Morgan fingerprint density at radius 2 is 1.71 bits per heavy atom. The summed E-state index contributed by atoms with van der Waals surface area (Å²) in [6.07, 6.45) is 0.249. The lowest BCUT2D eigenvalue weighted by Crippen LogP contribution is -2.16. The van der Waals surface area contributed by atoms with Crippen LogP contribution in [-0.4, -0.2) is 20.2 Å². The third-order valence-corrected chi connectivity index (χ3v) is 3.24. The molecule has 110 valence electrons. The molecule has 4 heteroatoms. The molecule has 0 heterocycles. The summed E-state index contributed by atoms with van der Waals surface area (Å²) in [5, 5.41) is 3.35. The minimum Gasteiger partial charge on any atom is -0.495 e. The molecular weight excluding hydrogens is 266 g/mol. The lowest BCUT2D eigenvalue weighted by atomic mass is 10.0. The van der Waals surface area contributed by atoms with Gasteiger partial charge in [-0.1, -0.05) is 42.5 Å². The molecule has 0 spiro atoms. The number of nitrogens with one attached hydrogen (secondary N) is 1. The van der Waals surface area contributed by atoms with Gasteiger partial charge >= 0.3 is 5.97 Å². The van der Waals surface area contributed by atoms with Crippen LogP contribution in [0.1, 0.15) is 18.0 Å². The summed E-state index contributed by atoms with van der Waals surface area (Å²) < 4.78 is 10.1. The lowest BCUT2D eigenvalue weighted by Gasteiger charge is -2.21. The van der Waals surface area contributed by atoms with Gasteiger partial charge in [0.1, 0.15) is 5.75 Å². The van der Waals surface area contributed by atoms with Crippen LogP contribution >= 0.6 is 0 Å². The van der Waals surface area contributed by atoms with Crippen LogP contribution in [0.2, 0.25) is 0 Å². The second-order valence-electron chi connectivity index (χ2n) is 4.59. The van der Waals surface area contributed by atoms with Crippen molar-refractivity contribution in [3.63, 3.8) is 0 Å². The monoisotopic (exact) mass is 285 g/mol. The Morgan fingerprint density at radius 1 is 1.05 bits per heavy atom. The molecule has 0 aliphatic heterocycles. The summed E-state index contributed by atoms with van der Waals surface area (Å²) >= 11 is 0. The van der Waals surface area contributed by atoms with Gasteiger partial charge in [-0.15, -0.1) is 0 Å². The van der Waals surface area contributed by atoms with E-state index in [0.717, 1.165) is 17.0 Å². The molecule has 0 bridgehead atoms. The summed E-state index contributed by atoms with van der Waals surface area (Å²) in [4.78, 5) is 11.6. The number of para-hydroxylation sites is 2. The molecule has 4 nitrogen and oxygen atoms in total. The number of carbonyl (C=O) groups excluding carboxylic acids is 1. The van der Waals surface area contributed by atoms with Crippen molar-refractivity contribution in [2.45, 2.75) is 12.5 Å². The second-order valence-corrected chi connectivity index (χ2v) is 4.59. The van der Waals surface area contributed by atoms with Crippen LogP contribution in [0.3, 0.4) is 0 Å². The minimum absolute atomic E-state index is 0.171. The van der Waals surface area contributed by atoms with Crippen LogP contribution in [0, 0.1) is 0 Å². The number of benzene rings is 2. The van der Waals surface area contributed by atoms with E-state index in [0.29, 0.717) is 0 Å². The zero-order valence-electron chi connectivity index (χ0n) is 12.2. The number of hydrogen-bond acceptors (Lipinski definition) is 4. The van der Waals surface area contributed by atoms with Gasteiger partial charge in [0.25, 0.3) is 0 Å². The van der Waals surface area contributed by atoms with E-state index < -0.39 is 0 Å². The average Bonchev–Trinajstić information content (AvgIpc) is 2.55. The van der Waals surface area contributed by atoms with Crippen molar-refractivity contribution in [1.82, 2.24) is 0 Å². The smallest absolute Gasteiger partial charge is 0.307 e. The van der Waals surface area contributed by atoms with Gasteiger partial charge in [-0.05, 0) is 17.7 Å². The van der Waals surface area contributed by atoms with Gasteiger partial charge in [-0.3, -0.25) is 4.79 Å². The third kappa shape index (κ3) is 3.99. The molecule has 2 aromatic rings. The first kappa shape index (κ1) is 14.9. The molecule has 1 atom stereocenters. The van der Waals surface area contributed by atoms with E-state index >= 15 is 0 Å². The first-order chi connectivity index (χ1) is 10.2. The average molecular weight is 285 g/mol. The molecule has 0 unspecified atom stereocenters. The van der Waals surface area contributed by atoms with Crippen LogP contribution in [0.15, 0.2) is 54.6 Å². The van der Waals surface area contributed by atoms with E-state index in [1.165, 1.54) is 7.11 Å². The van der Waals surface area contributed by atoms with Crippen molar-refractivity contribution in [2.75, 3.05) is 19.5 Å². The maximum Gasteiger partial charge on any atom is 0.307 e. The van der Waals surface area contributed by atoms with E-state index in [-0.39, 0.29) is 18.4 Å². The van der Waals surface area contributed by atoms with Crippen LogP contribution in [-0.2, 0) is 9.53 Å². The fraction of sp³-hybridized carbons (Fsp3) is 0.235. The van der Waals surface area contributed by atoms with Crippen LogP contribution in [0.25, 0.3) is 0 Å². The second kappa shape index (κ2) is 7.33. The zero-order valence-corrected chi connectivity index (χ0v) is 12.2. The van der Waals surface area contributed by atoms with E-state index in [4.69, 9.17) is 9.47 Å². The Morgan fingerprint density at radius 3 is 2.38 bits per heavy atom. The zero-order chi connectivity index (χ0) is 15.1. The number of esters is 1. The molecule has 0 saturated carbocycles. The Hall–Kier alpha value is -2.49. The van der Waals surface area contributed by atoms with Gasteiger partial charge in [0.2, 0.25) is 0 Å². The summed E-state index contributed by atoms with van der Waals surface area (Å²) in [7, 11) is 3.02. The molecule has 0 aliphatic carbocycles. The minimum atomic E-state index is -0.258. The Kier molecular flexibility index (Phi) is 5.21. The highest BCUT2D eigenvalue weighted by atomic mass is 16.5. The van der Waals surface area contributed by atoms with E-state index in [1.807, 2.05) is 54.6 Å². The molecule has 21 heavy (non-hydrogen) atoms. The first-order valence-electron chi connectivity index (χ1n) is 6.76. The highest BCUT2D eigenvalue weighted by Crippen LogP contribution is 2.29. The van der Waals surface area contributed by atoms with Crippen LogP contribution in [0.5, 0.6) is 5.75 Å². The van der Waals surface area contributed by atoms with Crippen molar-refractivity contribution >= 4 is 11.7 Å². The largest absolute Gasteiger partial charge is 0.495 e. The Bertz CT molecular complexity index is 584. The number of anilines is 1. The van der Waals surface area contributed by atoms with E-state index in [2.05, 4.69) is 5.32 Å². The molecule has 0 amide bonds. The number of carbonyl (C=O) groups is 1. The molecule has 0 aromatic heterocycles. The van der Waals surface area contributed by atoms with Crippen molar-refractivity contribution < 1.29 is 14.3 Å². The van der Waals surface area contributed by atoms with Gasteiger partial charge in [0, 0.05) is 0 Å². The van der Waals surface area contributed by atoms with Crippen LogP contribution < -0.4 is 10.1 Å². The topological polar surface area (TPSA) is 47.6 Å². The summed E-state index contributed by atoms with van der Waals surface area (Å²) in [6.45, 7) is 0. The molecule has 1 N–H and O–H groups in total. The molecule has 0 saturated heterocycles. The fourth-order valence-corrected chi connectivity index (χ4v) is 2.14. The molecule has 2 rings (SSSR count). The van der Waals surface area contributed by atoms with Crippen LogP contribution in [0.4, 0.5) is 5.69 Å². The molecule has 0 radical (unpaired) electrons. The van der Waals surface area contributed by atoms with Gasteiger partial charge in [0.15, 0.2) is 0 Å². The van der Waals surface area contributed by atoms with Gasteiger partial charge in [-0.2, -0.15) is 0 Å². The van der Waals surface area contributed by atoms with Crippen molar-refractivity contribution in [3.8, 4) is 5.75 Å². The van der Waals surface area contributed by atoms with Gasteiger partial charge in [0.05, 0.1) is 32.4 Å². The van der Waals surface area contributed by atoms with E-state index in [9.17, 15) is 4.79 Å². The quantitative estimate of drug-likeness (QED) is 0.826. The predicted molar refractivity (Wildman–Crippen MR) is 82.4 cm³/mol. The SMILES string of the molecule is COC(=O)C[C@H](Nc1ccccc1OC)c1ccccc1. The predicted octanol–water partition coefficient (Wildman–Crippen LogP) is 3.41. The maximum atomic E-state index is 11.6. The maximum absolute atomic E-state index is 11.6. The highest BCUT2D eigenvalue weighted by molar-refractivity contribution is 5.71. The normalized spacial score (nSPS) is 11.5. The van der Waals surface area contributed by atoms with Crippen molar-refractivity contribution in [1.29, 1.82) is 0 Å². The number of hydrogen-bond donors (Lipinski definition) is 1. The third-order valence-electron chi connectivity index (χ3n) is 3.24. The number of methoxy groups -OCH3 is 2. The molecule has 0 fully saturated rings. The summed E-state index contributed by atoms with van der Waals surface area (Å²) in [5.41, 5.74) is 1.87. The molecular formula is C17H19NO3. The van der Waals surface area contributed by atoms with Gasteiger partial charge < -0.3 is 14.8 Å². The molecule has 2 aromatic carbocycles. The van der Waals surface area contributed by atoms with Gasteiger partial charge in [-0.25, -0.2) is 0 Å². The lowest BCUT2D eigenvalue weighted by molar-refractivity contribution is -0.140. The van der Waals surface area contributed by atoms with E-state index in [1.54, 1.807) is 7.11 Å². The number of rotatable bonds is 6. The Balaban J connectivity index is 2.25. The van der Waals surface area contributed by atoms with Crippen molar-refractivity contribution in [3.05, 3.63) is 60.2 Å². The first-order valence-corrected chi connectivity index (χ1v) is 6.76. The highest BCUT2D eigenvalue weighted by Gasteiger charge is 2.17.